The van der Waals surface area contributed by atoms with E-state index >= 15 is 0 Å². The SMILES string of the molecule is CCCCOCc1n[nH]c2nc(OC)nc(OC)c12. The number of aromatic nitrogens is 4. The largest absolute Gasteiger partial charge is 0.480 e. The second kappa shape index (κ2) is 6.33. The molecule has 0 amide bonds. The molecule has 1 N–H and O–H groups in total. The first-order valence-corrected chi connectivity index (χ1v) is 6.20. The minimum absolute atomic E-state index is 0.242. The zero-order chi connectivity index (χ0) is 13.7. The minimum Gasteiger partial charge on any atom is -0.480 e. The third kappa shape index (κ3) is 2.93. The summed E-state index contributed by atoms with van der Waals surface area (Å²) in [5.74, 6) is 0.435. The summed E-state index contributed by atoms with van der Waals surface area (Å²) in [4.78, 5) is 8.32. The van der Waals surface area contributed by atoms with Gasteiger partial charge in [0.1, 0.15) is 11.1 Å². The third-order valence-electron chi connectivity index (χ3n) is 2.70. The molecule has 0 aliphatic heterocycles. The van der Waals surface area contributed by atoms with Crippen LogP contribution < -0.4 is 9.47 Å². The van der Waals surface area contributed by atoms with E-state index in [1.54, 1.807) is 7.11 Å². The number of hydrogen-bond acceptors (Lipinski definition) is 6. The molecule has 2 aromatic heterocycles. The van der Waals surface area contributed by atoms with Crippen LogP contribution in [0.4, 0.5) is 0 Å². The fraction of sp³-hybridized carbons (Fsp3) is 0.583. The van der Waals surface area contributed by atoms with Gasteiger partial charge in [-0.25, -0.2) is 0 Å². The van der Waals surface area contributed by atoms with Gasteiger partial charge in [0.25, 0.3) is 0 Å². The molecule has 2 aromatic rings. The molecule has 0 radical (unpaired) electrons. The maximum atomic E-state index is 5.56. The van der Waals surface area contributed by atoms with E-state index in [9.17, 15) is 0 Å². The lowest BCUT2D eigenvalue weighted by atomic mass is 10.3. The second-order valence-corrected chi connectivity index (χ2v) is 4.02. The molecule has 19 heavy (non-hydrogen) atoms. The average Bonchev–Trinajstić information content (AvgIpc) is 2.85. The first-order valence-electron chi connectivity index (χ1n) is 6.20. The second-order valence-electron chi connectivity index (χ2n) is 4.02. The Morgan fingerprint density at radius 3 is 2.68 bits per heavy atom. The molecule has 0 unspecified atom stereocenters. The van der Waals surface area contributed by atoms with Gasteiger partial charge in [-0.3, -0.25) is 5.10 Å². The number of ether oxygens (including phenoxy) is 3. The molecule has 0 fully saturated rings. The number of hydrogen-bond donors (Lipinski definition) is 1. The zero-order valence-corrected chi connectivity index (χ0v) is 11.4. The van der Waals surface area contributed by atoms with Crippen LogP contribution in [0.3, 0.4) is 0 Å². The Labute approximate surface area is 111 Å². The minimum atomic E-state index is 0.242. The molecule has 0 aromatic carbocycles. The Morgan fingerprint density at radius 2 is 2.00 bits per heavy atom. The molecule has 0 atom stereocenters. The van der Waals surface area contributed by atoms with Crippen LogP contribution in [0.5, 0.6) is 11.9 Å². The highest BCUT2D eigenvalue weighted by molar-refractivity contribution is 5.83. The lowest BCUT2D eigenvalue weighted by Crippen LogP contribution is -1.99. The predicted octanol–water partition coefficient (Wildman–Crippen LogP) is 1.69. The van der Waals surface area contributed by atoms with Crippen LogP contribution in [0.25, 0.3) is 11.0 Å². The quantitative estimate of drug-likeness (QED) is 0.768. The standard InChI is InChI=1S/C12H18N4O3/c1-4-5-6-19-7-8-9-10(16-15-8)13-12(18-3)14-11(9)17-2/h4-7H2,1-3H3,(H,13,14,15,16). The van der Waals surface area contributed by atoms with Crippen LogP contribution in [0, 0.1) is 0 Å². The van der Waals surface area contributed by atoms with E-state index in [4.69, 9.17) is 14.2 Å². The molecule has 2 heterocycles. The van der Waals surface area contributed by atoms with Crippen LogP contribution in [0.1, 0.15) is 25.5 Å². The molecule has 0 spiro atoms. The third-order valence-corrected chi connectivity index (χ3v) is 2.70. The van der Waals surface area contributed by atoms with Crippen molar-refractivity contribution in [1.82, 2.24) is 20.2 Å². The predicted molar refractivity (Wildman–Crippen MR) is 69.4 cm³/mol. The maximum absolute atomic E-state index is 5.56. The summed E-state index contributed by atoms with van der Waals surface area (Å²) in [6, 6.07) is 0.242. The molecule has 7 heteroatoms. The summed E-state index contributed by atoms with van der Waals surface area (Å²) in [7, 11) is 3.06. The van der Waals surface area contributed by atoms with Crippen LogP contribution in [0.15, 0.2) is 0 Å². The monoisotopic (exact) mass is 266 g/mol. The van der Waals surface area contributed by atoms with Gasteiger partial charge in [-0.1, -0.05) is 13.3 Å². The van der Waals surface area contributed by atoms with Gasteiger partial charge in [0, 0.05) is 6.61 Å². The van der Waals surface area contributed by atoms with Crippen molar-refractivity contribution in [2.75, 3.05) is 20.8 Å². The van der Waals surface area contributed by atoms with Gasteiger partial charge in [0.05, 0.1) is 20.8 Å². The van der Waals surface area contributed by atoms with E-state index in [0.29, 0.717) is 24.7 Å². The summed E-state index contributed by atoms with van der Waals surface area (Å²) in [6.07, 6.45) is 2.13. The van der Waals surface area contributed by atoms with Gasteiger partial charge < -0.3 is 14.2 Å². The van der Waals surface area contributed by atoms with Crippen molar-refractivity contribution in [3.63, 3.8) is 0 Å². The first kappa shape index (κ1) is 13.5. The smallest absolute Gasteiger partial charge is 0.321 e. The van der Waals surface area contributed by atoms with Crippen molar-refractivity contribution in [2.24, 2.45) is 0 Å². The molecule has 7 nitrogen and oxygen atoms in total. The molecule has 0 bridgehead atoms. The Hall–Kier alpha value is -1.89. The fourth-order valence-corrected chi connectivity index (χ4v) is 1.70. The fourth-order valence-electron chi connectivity index (χ4n) is 1.70. The number of unbranched alkanes of at least 4 members (excludes halogenated alkanes) is 1. The maximum Gasteiger partial charge on any atom is 0.321 e. The molecule has 0 aliphatic rings. The van der Waals surface area contributed by atoms with Crippen molar-refractivity contribution in [1.29, 1.82) is 0 Å². The Kier molecular flexibility index (Phi) is 4.51. The lowest BCUT2D eigenvalue weighted by Gasteiger charge is -2.05. The van der Waals surface area contributed by atoms with Crippen molar-refractivity contribution in [2.45, 2.75) is 26.4 Å². The molecule has 2 rings (SSSR count). The van der Waals surface area contributed by atoms with Crippen LogP contribution in [-0.2, 0) is 11.3 Å². The average molecular weight is 266 g/mol. The number of methoxy groups -OCH3 is 2. The zero-order valence-electron chi connectivity index (χ0n) is 11.4. The van der Waals surface area contributed by atoms with Gasteiger partial charge in [0.2, 0.25) is 5.88 Å². The Bertz CT molecular complexity index is 541. The Morgan fingerprint density at radius 1 is 1.16 bits per heavy atom. The molecule has 0 saturated heterocycles. The topological polar surface area (TPSA) is 82.2 Å². The van der Waals surface area contributed by atoms with Gasteiger partial charge in [-0.05, 0) is 6.42 Å². The number of H-pyrrole nitrogens is 1. The van der Waals surface area contributed by atoms with E-state index < -0.39 is 0 Å². The lowest BCUT2D eigenvalue weighted by molar-refractivity contribution is 0.116. The van der Waals surface area contributed by atoms with E-state index in [-0.39, 0.29) is 6.01 Å². The van der Waals surface area contributed by atoms with E-state index in [0.717, 1.165) is 23.9 Å². The van der Waals surface area contributed by atoms with Gasteiger partial charge in [-0.15, -0.1) is 0 Å². The van der Waals surface area contributed by atoms with Crippen molar-refractivity contribution < 1.29 is 14.2 Å². The van der Waals surface area contributed by atoms with Crippen LogP contribution >= 0.6 is 0 Å². The van der Waals surface area contributed by atoms with E-state index in [1.807, 2.05) is 0 Å². The summed E-state index contributed by atoms with van der Waals surface area (Å²) < 4.78 is 15.8. The molecule has 0 aliphatic carbocycles. The summed E-state index contributed by atoms with van der Waals surface area (Å²) in [5.41, 5.74) is 1.32. The number of aromatic amines is 1. The molecular formula is C12H18N4O3. The van der Waals surface area contributed by atoms with E-state index in [2.05, 4.69) is 27.1 Å². The summed E-state index contributed by atoms with van der Waals surface area (Å²) in [6.45, 7) is 3.24. The molecule has 104 valence electrons. The molecule has 0 saturated carbocycles. The molecular weight excluding hydrogens is 248 g/mol. The van der Waals surface area contributed by atoms with Crippen molar-refractivity contribution >= 4 is 11.0 Å². The highest BCUT2D eigenvalue weighted by atomic mass is 16.5. The highest BCUT2D eigenvalue weighted by Gasteiger charge is 2.16. The van der Waals surface area contributed by atoms with Gasteiger partial charge in [0.15, 0.2) is 5.65 Å². The van der Waals surface area contributed by atoms with E-state index in [1.165, 1.54) is 7.11 Å². The van der Waals surface area contributed by atoms with Crippen LogP contribution in [-0.4, -0.2) is 41.0 Å². The summed E-state index contributed by atoms with van der Waals surface area (Å²) in [5, 5.41) is 7.76. The van der Waals surface area contributed by atoms with Crippen molar-refractivity contribution in [3.8, 4) is 11.9 Å². The highest BCUT2D eigenvalue weighted by Crippen LogP contribution is 2.26. The number of nitrogens with zero attached hydrogens (tertiary/aromatic N) is 3. The Balaban J connectivity index is 2.25. The van der Waals surface area contributed by atoms with Gasteiger partial charge >= 0.3 is 6.01 Å². The number of fused-ring (bicyclic) bond motifs is 1. The number of nitrogens with one attached hydrogen (secondary N) is 1. The van der Waals surface area contributed by atoms with Crippen molar-refractivity contribution in [3.05, 3.63) is 5.69 Å². The normalized spacial score (nSPS) is 10.9. The summed E-state index contributed by atoms with van der Waals surface area (Å²) >= 11 is 0. The first-order chi connectivity index (χ1) is 9.30. The van der Waals surface area contributed by atoms with Gasteiger partial charge in [-0.2, -0.15) is 15.1 Å². The van der Waals surface area contributed by atoms with Crippen LogP contribution in [0.2, 0.25) is 0 Å². The number of rotatable bonds is 7.